The van der Waals surface area contributed by atoms with Crippen molar-refractivity contribution < 1.29 is 4.42 Å². The lowest BCUT2D eigenvalue weighted by atomic mass is 9.91. The Morgan fingerprint density at radius 2 is 0.895 bits per heavy atom. The topological polar surface area (TPSA) is 37.9 Å². The molecule has 0 spiro atoms. The van der Waals surface area contributed by atoms with Gasteiger partial charge in [0, 0.05) is 33.9 Å². The lowest BCUT2D eigenvalue weighted by Gasteiger charge is -2.12. The lowest BCUT2D eigenvalue weighted by Crippen LogP contribution is -2.06. The number of hydrogen-bond donors (Lipinski definition) is 0. The predicted molar refractivity (Wildman–Crippen MR) is 240 cm³/mol. The molecule has 2 heterocycles. The average molecular weight is 729 g/mol. The highest BCUT2D eigenvalue weighted by Crippen LogP contribution is 2.39. The summed E-state index contributed by atoms with van der Waals surface area (Å²) in [5.41, 5.74) is 12.4. The second kappa shape index (κ2) is 13.4. The molecule has 0 unspecified atom stereocenters. The van der Waals surface area contributed by atoms with Crippen LogP contribution in [0.3, 0.4) is 0 Å². The first-order chi connectivity index (χ1) is 28.2. The number of allylic oxidation sites excluding steroid dienone is 1. The Morgan fingerprint density at radius 1 is 0.386 bits per heavy atom. The maximum absolute atomic E-state index is 6.83. The molecular formula is C54H36N2O. The Bertz CT molecular complexity index is 3280. The van der Waals surface area contributed by atoms with Crippen LogP contribution in [0.25, 0.3) is 82.2 Å². The molecule has 0 N–H and O–H groups in total. The van der Waals surface area contributed by atoms with E-state index in [1.807, 2.05) is 24.3 Å². The Labute approximate surface area is 330 Å². The van der Waals surface area contributed by atoms with Crippen molar-refractivity contribution in [2.45, 2.75) is 13.3 Å². The smallest absolute Gasteiger partial charge is 0.160 e. The van der Waals surface area contributed by atoms with Gasteiger partial charge in [-0.1, -0.05) is 158 Å². The Morgan fingerprint density at radius 3 is 1.58 bits per heavy atom. The third kappa shape index (κ3) is 5.67. The third-order valence-electron chi connectivity index (χ3n) is 11.5. The zero-order valence-corrected chi connectivity index (χ0v) is 31.4. The number of fused-ring (bicyclic) bond motifs is 9. The highest BCUT2D eigenvalue weighted by molar-refractivity contribution is 6.26. The summed E-state index contributed by atoms with van der Waals surface area (Å²) in [5, 5.41) is 9.86. The molecule has 0 fully saturated rings. The highest BCUT2D eigenvalue weighted by Gasteiger charge is 2.21. The SMILES string of the molecule is CC1=C(c2ccccc2)N=C(c2ccccc2)N=C(c2cccc3c2oc2cc(-c4cccc(-c5ccc6c7ccccc7c7ccccc7c6c5)c4)ccc23)C1. The van der Waals surface area contributed by atoms with Crippen LogP contribution >= 0.6 is 0 Å². The van der Waals surface area contributed by atoms with Crippen LogP contribution in [0.4, 0.5) is 0 Å². The van der Waals surface area contributed by atoms with Crippen molar-refractivity contribution in [3.8, 4) is 22.3 Å². The summed E-state index contributed by atoms with van der Waals surface area (Å²) in [4.78, 5) is 10.5. The van der Waals surface area contributed by atoms with Gasteiger partial charge in [-0.25, -0.2) is 9.98 Å². The zero-order chi connectivity index (χ0) is 37.9. The number of rotatable bonds is 5. The van der Waals surface area contributed by atoms with Crippen molar-refractivity contribution in [2.24, 2.45) is 9.98 Å². The molecule has 3 nitrogen and oxygen atoms in total. The molecule has 11 rings (SSSR count). The number of furan rings is 1. The molecular weight excluding hydrogens is 693 g/mol. The van der Waals surface area contributed by atoms with Crippen molar-refractivity contribution >= 4 is 71.5 Å². The first-order valence-corrected chi connectivity index (χ1v) is 19.5. The summed E-state index contributed by atoms with van der Waals surface area (Å²) in [6.07, 6.45) is 0.652. The molecule has 1 aromatic heterocycles. The monoisotopic (exact) mass is 728 g/mol. The van der Waals surface area contributed by atoms with Gasteiger partial charge in [0.25, 0.3) is 0 Å². The van der Waals surface area contributed by atoms with Gasteiger partial charge in [-0.05, 0) is 97.4 Å². The van der Waals surface area contributed by atoms with Crippen molar-refractivity contribution in [3.05, 3.63) is 210 Å². The summed E-state index contributed by atoms with van der Waals surface area (Å²) < 4.78 is 6.83. The number of nitrogens with zero attached hydrogens (tertiary/aromatic N) is 2. The van der Waals surface area contributed by atoms with Crippen LogP contribution in [0.15, 0.2) is 208 Å². The van der Waals surface area contributed by atoms with E-state index >= 15 is 0 Å². The summed E-state index contributed by atoms with van der Waals surface area (Å²) in [6, 6.07) is 66.9. The molecule has 0 saturated heterocycles. The van der Waals surface area contributed by atoms with E-state index in [1.165, 1.54) is 43.4 Å². The number of aliphatic imine (C=N–C) groups is 2. The van der Waals surface area contributed by atoms with E-state index in [-0.39, 0.29) is 0 Å². The van der Waals surface area contributed by atoms with Gasteiger partial charge in [-0.15, -0.1) is 0 Å². The van der Waals surface area contributed by atoms with E-state index in [9.17, 15) is 0 Å². The van der Waals surface area contributed by atoms with Crippen molar-refractivity contribution in [1.29, 1.82) is 0 Å². The molecule has 0 bridgehead atoms. The number of amidine groups is 1. The van der Waals surface area contributed by atoms with Gasteiger partial charge in [0.15, 0.2) is 5.84 Å². The van der Waals surface area contributed by atoms with Crippen molar-refractivity contribution in [3.63, 3.8) is 0 Å². The molecule has 268 valence electrons. The van der Waals surface area contributed by atoms with Crippen LogP contribution in [0.1, 0.15) is 30.0 Å². The average Bonchev–Trinajstić information content (AvgIpc) is 3.56. The van der Waals surface area contributed by atoms with Gasteiger partial charge in [0.1, 0.15) is 11.2 Å². The van der Waals surface area contributed by atoms with E-state index in [1.54, 1.807) is 0 Å². The molecule has 9 aromatic carbocycles. The Hall–Kier alpha value is -7.36. The van der Waals surface area contributed by atoms with Gasteiger partial charge in [-0.2, -0.15) is 0 Å². The molecule has 0 aliphatic carbocycles. The van der Waals surface area contributed by atoms with Crippen LogP contribution in [0.5, 0.6) is 0 Å². The molecule has 0 radical (unpaired) electrons. The Kier molecular flexibility index (Phi) is 7.78. The predicted octanol–water partition coefficient (Wildman–Crippen LogP) is 14.5. The fourth-order valence-corrected chi connectivity index (χ4v) is 8.68. The number of benzene rings is 9. The van der Waals surface area contributed by atoms with Crippen LogP contribution in [0.2, 0.25) is 0 Å². The molecule has 1 aliphatic heterocycles. The van der Waals surface area contributed by atoms with E-state index in [4.69, 9.17) is 14.4 Å². The fraction of sp³-hybridized carbons (Fsp3) is 0.0370. The molecule has 57 heavy (non-hydrogen) atoms. The quantitative estimate of drug-likeness (QED) is 0.163. The molecule has 0 atom stereocenters. The molecule has 0 saturated carbocycles. The van der Waals surface area contributed by atoms with Crippen LogP contribution in [-0.4, -0.2) is 11.5 Å². The number of para-hydroxylation sites is 1. The Balaban J connectivity index is 0.997. The van der Waals surface area contributed by atoms with Crippen LogP contribution in [-0.2, 0) is 0 Å². The van der Waals surface area contributed by atoms with Crippen LogP contribution < -0.4 is 0 Å². The van der Waals surface area contributed by atoms with Gasteiger partial charge in [0.2, 0.25) is 0 Å². The molecule has 1 aliphatic rings. The second-order valence-corrected chi connectivity index (χ2v) is 15.0. The first-order valence-electron chi connectivity index (χ1n) is 19.5. The van der Waals surface area contributed by atoms with Gasteiger partial charge in [-0.3, -0.25) is 0 Å². The van der Waals surface area contributed by atoms with Crippen molar-refractivity contribution in [1.82, 2.24) is 0 Å². The third-order valence-corrected chi connectivity index (χ3v) is 11.5. The van der Waals surface area contributed by atoms with Gasteiger partial charge >= 0.3 is 0 Å². The second-order valence-electron chi connectivity index (χ2n) is 15.0. The standard InChI is InChI=1S/C54H36N2O/c1-34-30-50(55-54(36-16-6-3-7-17-36)56-52(34)35-14-4-2-5-15-35)48-25-13-24-47-46-29-27-40(33-51(46)57-53(47)48)38-19-12-18-37(31-38)39-26-28-45-43-22-9-8-20-41(43)42-21-10-11-23-44(42)49(45)32-39/h2-29,31-33H,30H2,1H3. The van der Waals surface area contributed by atoms with Gasteiger partial charge in [0.05, 0.1) is 11.4 Å². The number of hydrogen-bond acceptors (Lipinski definition) is 3. The minimum absolute atomic E-state index is 0.652. The molecule has 10 aromatic rings. The van der Waals surface area contributed by atoms with E-state index in [0.29, 0.717) is 12.3 Å². The van der Waals surface area contributed by atoms with E-state index in [0.717, 1.165) is 66.7 Å². The molecule has 3 heteroatoms. The van der Waals surface area contributed by atoms with E-state index in [2.05, 4.69) is 171 Å². The van der Waals surface area contributed by atoms with Crippen LogP contribution in [0, 0.1) is 0 Å². The summed E-state index contributed by atoms with van der Waals surface area (Å²) in [7, 11) is 0. The van der Waals surface area contributed by atoms with E-state index < -0.39 is 0 Å². The lowest BCUT2D eigenvalue weighted by molar-refractivity contribution is 0.668. The van der Waals surface area contributed by atoms with Gasteiger partial charge < -0.3 is 4.42 Å². The maximum Gasteiger partial charge on any atom is 0.160 e. The summed E-state index contributed by atoms with van der Waals surface area (Å²) >= 11 is 0. The normalized spacial score (nSPS) is 13.4. The zero-order valence-electron chi connectivity index (χ0n) is 31.4. The minimum Gasteiger partial charge on any atom is -0.455 e. The first kappa shape index (κ1) is 33.0. The minimum atomic E-state index is 0.652. The summed E-state index contributed by atoms with van der Waals surface area (Å²) in [5.74, 6) is 0.699. The largest absolute Gasteiger partial charge is 0.455 e. The summed E-state index contributed by atoms with van der Waals surface area (Å²) in [6.45, 7) is 2.16. The fourth-order valence-electron chi connectivity index (χ4n) is 8.68. The van der Waals surface area contributed by atoms with Crippen molar-refractivity contribution in [2.75, 3.05) is 0 Å². The maximum atomic E-state index is 6.83. The highest BCUT2D eigenvalue weighted by atomic mass is 16.3. The molecule has 0 amide bonds.